The Morgan fingerprint density at radius 3 is 2.48 bits per heavy atom. The highest BCUT2D eigenvalue weighted by Crippen LogP contribution is 2.25. The highest BCUT2D eigenvalue weighted by atomic mass is 19.4. The summed E-state index contributed by atoms with van der Waals surface area (Å²) in [5.41, 5.74) is 5.12. The van der Waals surface area contributed by atoms with Crippen LogP contribution >= 0.6 is 0 Å². The molecule has 1 amide bonds. The van der Waals surface area contributed by atoms with Crippen molar-refractivity contribution >= 4 is 11.9 Å². The summed E-state index contributed by atoms with van der Waals surface area (Å²) in [5.74, 6) is 0.502. The van der Waals surface area contributed by atoms with Gasteiger partial charge in [-0.25, -0.2) is 0 Å². The fourth-order valence-electron chi connectivity index (χ4n) is 2.63. The number of nitrogens with zero attached hydrogens (tertiary/aromatic N) is 3. The van der Waals surface area contributed by atoms with Gasteiger partial charge in [-0.15, -0.1) is 0 Å². The van der Waals surface area contributed by atoms with Crippen molar-refractivity contribution in [3.05, 3.63) is 23.7 Å². The molecule has 0 radical (unpaired) electrons. The molecule has 1 saturated heterocycles. The fraction of sp³-hybridized carbons (Fsp3) is 0.600. The third kappa shape index (κ3) is 4.88. The lowest BCUT2D eigenvalue weighted by molar-refractivity contribution is -0.181. The minimum absolute atomic E-state index is 0.0709. The molecule has 1 aromatic heterocycles. The van der Waals surface area contributed by atoms with Crippen LogP contribution in [0.3, 0.4) is 0 Å². The van der Waals surface area contributed by atoms with Crippen LogP contribution in [-0.2, 0) is 6.54 Å². The highest BCUT2D eigenvalue weighted by Gasteiger charge is 2.41. The monoisotopic (exact) mass is 361 g/mol. The average Bonchev–Trinajstić information content (AvgIpc) is 3.04. The standard InChI is InChI=1S/C15H22F3N5O2/c1-10(15(16,17)18)22-5-7-23(8-6-22)14(20-2)21-9-11-3-4-12(25-11)13(19)24/h3-4,10H,5-9H2,1-2H3,(H2,19,24)(H,20,21). The Labute approximate surface area is 143 Å². The molecule has 2 heterocycles. The Balaban J connectivity index is 1.87. The summed E-state index contributed by atoms with van der Waals surface area (Å²) >= 11 is 0. The second-order valence-electron chi connectivity index (χ2n) is 5.77. The van der Waals surface area contributed by atoms with Crippen molar-refractivity contribution in [2.45, 2.75) is 25.7 Å². The van der Waals surface area contributed by atoms with Gasteiger partial charge in [0.15, 0.2) is 11.7 Å². The molecule has 2 rings (SSSR count). The molecule has 0 bridgehead atoms. The molecule has 7 nitrogen and oxygen atoms in total. The molecule has 1 unspecified atom stereocenters. The van der Waals surface area contributed by atoms with E-state index in [4.69, 9.17) is 10.2 Å². The van der Waals surface area contributed by atoms with Crippen molar-refractivity contribution in [1.29, 1.82) is 0 Å². The lowest BCUT2D eigenvalue weighted by atomic mass is 10.2. The number of aliphatic imine (C=N–C) groups is 1. The fourth-order valence-corrected chi connectivity index (χ4v) is 2.63. The van der Waals surface area contributed by atoms with Crippen molar-refractivity contribution in [3.8, 4) is 0 Å². The van der Waals surface area contributed by atoms with Gasteiger partial charge in [0.2, 0.25) is 0 Å². The number of alkyl halides is 3. The first kappa shape index (κ1) is 19.1. The van der Waals surface area contributed by atoms with E-state index in [0.29, 0.717) is 44.4 Å². The third-order valence-corrected chi connectivity index (χ3v) is 4.17. The van der Waals surface area contributed by atoms with Gasteiger partial charge in [-0.05, 0) is 19.1 Å². The van der Waals surface area contributed by atoms with Crippen LogP contribution < -0.4 is 11.1 Å². The van der Waals surface area contributed by atoms with Gasteiger partial charge in [-0.1, -0.05) is 0 Å². The van der Waals surface area contributed by atoms with Crippen molar-refractivity contribution in [2.24, 2.45) is 10.7 Å². The molecule has 0 saturated carbocycles. The number of guanidine groups is 1. The lowest BCUT2D eigenvalue weighted by Gasteiger charge is -2.39. The molecule has 1 aliphatic rings. The van der Waals surface area contributed by atoms with Crippen LogP contribution in [0.25, 0.3) is 0 Å². The van der Waals surface area contributed by atoms with Gasteiger partial charge in [0.25, 0.3) is 5.91 Å². The smallest absolute Gasteiger partial charge is 0.403 e. The van der Waals surface area contributed by atoms with Crippen LogP contribution in [0.2, 0.25) is 0 Å². The van der Waals surface area contributed by atoms with Crippen LogP contribution in [0, 0.1) is 0 Å². The predicted molar refractivity (Wildman–Crippen MR) is 86.1 cm³/mol. The molecule has 0 spiro atoms. The minimum atomic E-state index is -4.22. The zero-order chi connectivity index (χ0) is 18.6. The number of piperazine rings is 1. The van der Waals surface area contributed by atoms with E-state index in [1.807, 2.05) is 4.90 Å². The molecular formula is C15H22F3N5O2. The van der Waals surface area contributed by atoms with Gasteiger partial charge in [-0.3, -0.25) is 14.7 Å². The van der Waals surface area contributed by atoms with Crippen LogP contribution in [-0.4, -0.2) is 67.1 Å². The SMILES string of the molecule is CN=C(NCc1ccc(C(N)=O)o1)N1CCN(C(C)C(F)(F)F)CC1. The first-order valence-corrected chi connectivity index (χ1v) is 7.87. The van der Waals surface area contributed by atoms with E-state index in [0.717, 1.165) is 0 Å². The number of hydrogen-bond acceptors (Lipinski definition) is 4. The number of furan rings is 1. The van der Waals surface area contributed by atoms with E-state index in [2.05, 4.69) is 10.3 Å². The van der Waals surface area contributed by atoms with E-state index < -0.39 is 18.1 Å². The van der Waals surface area contributed by atoms with E-state index in [1.165, 1.54) is 17.9 Å². The topological polar surface area (TPSA) is 87.1 Å². The third-order valence-electron chi connectivity index (χ3n) is 4.17. The number of nitrogens with one attached hydrogen (secondary N) is 1. The van der Waals surface area contributed by atoms with Gasteiger partial charge in [-0.2, -0.15) is 13.2 Å². The largest absolute Gasteiger partial charge is 0.454 e. The van der Waals surface area contributed by atoms with Crippen LogP contribution in [0.4, 0.5) is 13.2 Å². The Morgan fingerprint density at radius 2 is 2.00 bits per heavy atom. The number of amides is 1. The molecule has 0 aromatic carbocycles. The normalized spacial score (nSPS) is 18.3. The van der Waals surface area contributed by atoms with Crippen LogP contribution in [0.5, 0.6) is 0 Å². The summed E-state index contributed by atoms with van der Waals surface area (Å²) in [6.07, 6.45) is -4.22. The maximum absolute atomic E-state index is 12.8. The number of halogens is 3. The number of hydrogen-bond donors (Lipinski definition) is 2. The molecule has 10 heteroatoms. The molecule has 140 valence electrons. The summed E-state index contributed by atoms with van der Waals surface area (Å²) in [7, 11) is 1.60. The summed E-state index contributed by atoms with van der Waals surface area (Å²) in [6.45, 7) is 2.94. The molecule has 1 aromatic rings. The van der Waals surface area contributed by atoms with E-state index in [-0.39, 0.29) is 5.76 Å². The van der Waals surface area contributed by atoms with Crippen LogP contribution in [0.1, 0.15) is 23.2 Å². The molecule has 1 aliphatic heterocycles. The zero-order valence-corrected chi connectivity index (χ0v) is 14.1. The van der Waals surface area contributed by atoms with Gasteiger partial charge >= 0.3 is 6.18 Å². The first-order chi connectivity index (χ1) is 11.7. The first-order valence-electron chi connectivity index (χ1n) is 7.87. The molecule has 1 atom stereocenters. The maximum Gasteiger partial charge on any atom is 0.403 e. The van der Waals surface area contributed by atoms with E-state index in [1.54, 1.807) is 13.1 Å². The number of primary amides is 1. The second-order valence-corrected chi connectivity index (χ2v) is 5.77. The Bertz CT molecular complexity index is 621. The maximum atomic E-state index is 12.8. The molecule has 3 N–H and O–H groups in total. The molecule has 1 fully saturated rings. The quantitative estimate of drug-likeness (QED) is 0.618. The summed E-state index contributed by atoms with van der Waals surface area (Å²) in [5, 5.41) is 3.07. The second kappa shape index (κ2) is 7.77. The lowest BCUT2D eigenvalue weighted by Crippen LogP contribution is -2.56. The van der Waals surface area contributed by atoms with Gasteiger partial charge in [0.05, 0.1) is 6.54 Å². The number of carbonyl (C=O) groups is 1. The molecular weight excluding hydrogens is 339 g/mol. The average molecular weight is 361 g/mol. The van der Waals surface area contributed by atoms with E-state index >= 15 is 0 Å². The van der Waals surface area contributed by atoms with Gasteiger partial charge in [0, 0.05) is 33.2 Å². The van der Waals surface area contributed by atoms with Crippen molar-refractivity contribution in [2.75, 3.05) is 33.2 Å². The summed E-state index contributed by atoms with van der Waals surface area (Å²) in [4.78, 5) is 18.4. The highest BCUT2D eigenvalue weighted by molar-refractivity contribution is 5.89. The van der Waals surface area contributed by atoms with Crippen molar-refractivity contribution < 1.29 is 22.4 Å². The van der Waals surface area contributed by atoms with Gasteiger partial charge in [0.1, 0.15) is 11.8 Å². The summed E-state index contributed by atoms with van der Waals surface area (Å²) < 4.78 is 43.6. The minimum Gasteiger partial charge on any atom is -0.454 e. The Morgan fingerprint density at radius 1 is 1.36 bits per heavy atom. The zero-order valence-electron chi connectivity index (χ0n) is 14.1. The van der Waals surface area contributed by atoms with Gasteiger partial charge < -0.3 is 20.4 Å². The molecule has 25 heavy (non-hydrogen) atoms. The van der Waals surface area contributed by atoms with Crippen molar-refractivity contribution in [3.63, 3.8) is 0 Å². The van der Waals surface area contributed by atoms with E-state index in [9.17, 15) is 18.0 Å². The van der Waals surface area contributed by atoms with Crippen LogP contribution in [0.15, 0.2) is 21.5 Å². The van der Waals surface area contributed by atoms with Crippen molar-refractivity contribution in [1.82, 2.24) is 15.1 Å². The Kier molecular flexibility index (Phi) is 5.93. The predicted octanol–water partition coefficient (Wildman–Crippen LogP) is 1.02. The Hall–Kier alpha value is -2.23. The number of nitrogens with two attached hydrogens (primary N) is 1. The molecule has 0 aliphatic carbocycles. The summed E-state index contributed by atoms with van der Waals surface area (Å²) in [6, 6.07) is 1.66. The number of carbonyl (C=O) groups excluding carboxylic acids is 1. The number of rotatable bonds is 4.